The minimum Gasteiger partial charge on any atom is -0.443 e. The minimum atomic E-state index is -4.42. The fraction of sp³-hybridized carbons (Fsp3) is 0.333. The molecule has 1 aromatic carbocycles. The number of nitrogens with zero attached hydrogens (tertiary/aromatic N) is 1. The van der Waals surface area contributed by atoms with Gasteiger partial charge in [0.05, 0.1) is 0 Å². The highest BCUT2D eigenvalue weighted by atomic mass is 19.4. The van der Waals surface area contributed by atoms with Crippen molar-refractivity contribution in [2.24, 2.45) is 0 Å². The summed E-state index contributed by atoms with van der Waals surface area (Å²) in [7, 11) is 0. The number of fused-ring (bicyclic) bond motifs is 1. The predicted octanol–water partition coefficient (Wildman–Crippen LogP) is 2.65. The summed E-state index contributed by atoms with van der Waals surface area (Å²) < 4.78 is 43.2. The van der Waals surface area contributed by atoms with Gasteiger partial charge in [0, 0.05) is 5.56 Å². The maximum atomic E-state index is 12.7. The van der Waals surface area contributed by atoms with E-state index in [-0.39, 0.29) is 18.4 Å². The molecular weight excluding hydrogens is 261 g/mol. The molecule has 0 aliphatic heterocycles. The fourth-order valence-electron chi connectivity index (χ4n) is 1.89. The molecule has 1 aliphatic carbocycles. The van der Waals surface area contributed by atoms with Gasteiger partial charge in [-0.05, 0) is 31.0 Å². The first-order valence-electron chi connectivity index (χ1n) is 5.64. The van der Waals surface area contributed by atoms with Gasteiger partial charge in [-0.3, -0.25) is 4.79 Å². The normalized spacial score (nSPS) is 17.4. The molecule has 1 aromatic heterocycles. The van der Waals surface area contributed by atoms with Crippen LogP contribution in [0.4, 0.5) is 13.2 Å². The van der Waals surface area contributed by atoms with Crippen LogP contribution in [0.5, 0.6) is 0 Å². The Morgan fingerprint density at radius 2 is 2.11 bits per heavy atom. The summed E-state index contributed by atoms with van der Waals surface area (Å²) >= 11 is 0. The van der Waals surface area contributed by atoms with Crippen molar-refractivity contribution in [2.45, 2.75) is 24.6 Å². The second-order valence-electron chi connectivity index (χ2n) is 4.57. The first-order chi connectivity index (χ1) is 8.91. The van der Waals surface area contributed by atoms with Gasteiger partial charge in [-0.25, -0.2) is 4.98 Å². The number of amides is 1. The number of benzene rings is 1. The van der Waals surface area contributed by atoms with E-state index in [1.165, 1.54) is 24.6 Å². The number of nitrogens with one attached hydrogen (secondary N) is 1. The average molecular weight is 270 g/mol. The average Bonchev–Trinajstić information content (AvgIpc) is 2.99. The highest BCUT2D eigenvalue weighted by molar-refractivity contribution is 5.97. The van der Waals surface area contributed by atoms with Crippen molar-refractivity contribution >= 4 is 17.0 Å². The van der Waals surface area contributed by atoms with Crippen LogP contribution in [-0.2, 0) is 0 Å². The van der Waals surface area contributed by atoms with Gasteiger partial charge in [0.1, 0.15) is 11.1 Å². The summed E-state index contributed by atoms with van der Waals surface area (Å²) in [5.41, 5.74) is -1.00. The van der Waals surface area contributed by atoms with Crippen LogP contribution in [0.3, 0.4) is 0 Å². The minimum absolute atomic E-state index is 0.0750. The molecule has 19 heavy (non-hydrogen) atoms. The van der Waals surface area contributed by atoms with E-state index in [9.17, 15) is 18.0 Å². The van der Waals surface area contributed by atoms with Gasteiger partial charge in [0.2, 0.25) is 0 Å². The lowest BCUT2D eigenvalue weighted by molar-refractivity contribution is -0.163. The van der Waals surface area contributed by atoms with E-state index >= 15 is 0 Å². The van der Waals surface area contributed by atoms with Crippen LogP contribution in [0.1, 0.15) is 23.2 Å². The van der Waals surface area contributed by atoms with Crippen molar-refractivity contribution in [1.82, 2.24) is 10.3 Å². The third kappa shape index (κ3) is 1.94. The molecule has 0 unspecified atom stereocenters. The number of hydrogen-bond acceptors (Lipinski definition) is 3. The van der Waals surface area contributed by atoms with Crippen molar-refractivity contribution in [3.63, 3.8) is 0 Å². The first kappa shape index (κ1) is 12.0. The standard InChI is InChI=1S/C12H9F3N2O2/c13-12(14,15)11(3-4-11)17-10(18)7-1-2-9-8(5-7)16-6-19-9/h1-2,5-6H,3-4H2,(H,17,18). The van der Waals surface area contributed by atoms with Gasteiger partial charge in [-0.1, -0.05) is 0 Å². The molecule has 0 atom stereocenters. The number of carbonyl (C=O) groups is 1. The molecule has 2 aromatic rings. The molecule has 1 amide bonds. The zero-order valence-electron chi connectivity index (χ0n) is 9.62. The van der Waals surface area contributed by atoms with Crippen LogP contribution >= 0.6 is 0 Å². The SMILES string of the molecule is O=C(NC1(C(F)(F)F)CC1)c1ccc2ocnc2c1. The number of hydrogen-bond donors (Lipinski definition) is 1. The van der Waals surface area contributed by atoms with Crippen molar-refractivity contribution in [1.29, 1.82) is 0 Å². The first-order valence-corrected chi connectivity index (χ1v) is 5.64. The lowest BCUT2D eigenvalue weighted by Crippen LogP contribution is -2.47. The second kappa shape index (κ2) is 3.72. The lowest BCUT2D eigenvalue weighted by Gasteiger charge is -2.20. The molecule has 7 heteroatoms. The van der Waals surface area contributed by atoms with Crippen LogP contribution in [0, 0.1) is 0 Å². The Balaban J connectivity index is 1.84. The van der Waals surface area contributed by atoms with E-state index in [2.05, 4.69) is 10.3 Å². The highest BCUT2D eigenvalue weighted by Gasteiger charge is 2.64. The Bertz CT molecular complexity index is 644. The smallest absolute Gasteiger partial charge is 0.411 e. The maximum absolute atomic E-state index is 12.7. The lowest BCUT2D eigenvalue weighted by atomic mass is 10.1. The molecule has 1 heterocycles. The van der Waals surface area contributed by atoms with Gasteiger partial charge in [-0.15, -0.1) is 0 Å². The highest BCUT2D eigenvalue weighted by Crippen LogP contribution is 2.49. The van der Waals surface area contributed by atoms with Gasteiger partial charge >= 0.3 is 6.18 Å². The van der Waals surface area contributed by atoms with Gasteiger partial charge in [0.25, 0.3) is 5.91 Å². The molecule has 0 bridgehead atoms. The molecule has 1 saturated carbocycles. The summed E-state index contributed by atoms with van der Waals surface area (Å²) in [5.74, 6) is -0.750. The Morgan fingerprint density at radius 1 is 1.37 bits per heavy atom. The van der Waals surface area contributed by atoms with Crippen LogP contribution in [0.25, 0.3) is 11.1 Å². The summed E-state index contributed by atoms with van der Waals surface area (Å²) in [6, 6.07) is 4.32. The third-order valence-electron chi connectivity index (χ3n) is 3.24. The van der Waals surface area contributed by atoms with Gasteiger partial charge in [0.15, 0.2) is 12.0 Å². The van der Waals surface area contributed by atoms with Crippen molar-refractivity contribution < 1.29 is 22.4 Å². The monoisotopic (exact) mass is 270 g/mol. The molecule has 1 N–H and O–H groups in total. The summed E-state index contributed by atoms with van der Waals surface area (Å²) in [5, 5.41) is 2.06. The van der Waals surface area contributed by atoms with Gasteiger partial charge < -0.3 is 9.73 Å². The molecule has 3 rings (SSSR count). The van der Waals surface area contributed by atoms with Gasteiger partial charge in [-0.2, -0.15) is 13.2 Å². The summed E-state index contributed by atoms with van der Waals surface area (Å²) in [6.07, 6.45) is -3.35. The predicted molar refractivity (Wildman–Crippen MR) is 59.5 cm³/mol. The molecule has 4 nitrogen and oxygen atoms in total. The molecule has 1 fully saturated rings. The summed E-state index contributed by atoms with van der Waals surface area (Å²) in [6.45, 7) is 0. The zero-order chi connectivity index (χ0) is 13.7. The van der Waals surface area contributed by atoms with E-state index < -0.39 is 17.6 Å². The molecule has 0 saturated heterocycles. The zero-order valence-corrected chi connectivity index (χ0v) is 9.62. The van der Waals surface area contributed by atoms with Crippen molar-refractivity contribution in [3.05, 3.63) is 30.2 Å². The summed E-state index contributed by atoms with van der Waals surface area (Å²) in [4.78, 5) is 15.7. The number of halogens is 3. The van der Waals surface area contributed by atoms with Crippen molar-refractivity contribution in [3.8, 4) is 0 Å². The van der Waals surface area contributed by atoms with Crippen LogP contribution in [0.15, 0.2) is 29.0 Å². The largest absolute Gasteiger partial charge is 0.443 e. The quantitative estimate of drug-likeness (QED) is 0.912. The topological polar surface area (TPSA) is 55.1 Å². The van der Waals surface area contributed by atoms with E-state index in [0.717, 1.165) is 0 Å². The van der Waals surface area contributed by atoms with E-state index in [4.69, 9.17) is 4.42 Å². The van der Waals surface area contributed by atoms with E-state index in [1.807, 2.05) is 0 Å². The number of carbonyl (C=O) groups excluding carboxylic acids is 1. The molecule has 1 aliphatic rings. The Hall–Kier alpha value is -2.05. The van der Waals surface area contributed by atoms with Crippen molar-refractivity contribution in [2.75, 3.05) is 0 Å². The second-order valence-corrected chi connectivity index (χ2v) is 4.57. The third-order valence-corrected chi connectivity index (χ3v) is 3.24. The molecule has 100 valence electrons. The fourth-order valence-corrected chi connectivity index (χ4v) is 1.89. The maximum Gasteiger partial charge on any atom is 0.411 e. The number of oxazole rings is 1. The molecule has 0 radical (unpaired) electrons. The Kier molecular flexibility index (Phi) is 2.35. The van der Waals surface area contributed by atoms with E-state index in [1.54, 1.807) is 0 Å². The Labute approximate surface area is 105 Å². The molecule has 0 spiro atoms. The number of aromatic nitrogens is 1. The number of rotatable bonds is 2. The van der Waals surface area contributed by atoms with Crippen LogP contribution < -0.4 is 5.32 Å². The van der Waals surface area contributed by atoms with Crippen LogP contribution in [-0.4, -0.2) is 22.6 Å². The van der Waals surface area contributed by atoms with Crippen LogP contribution in [0.2, 0.25) is 0 Å². The Morgan fingerprint density at radius 3 is 2.74 bits per heavy atom. The molecular formula is C12H9F3N2O2. The number of alkyl halides is 3. The van der Waals surface area contributed by atoms with E-state index in [0.29, 0.717) is 11.1 Å².